The minimum absolute atomic E-state index is 0.0703. The molecule has 0 unspecified atom stereocenters. The molecule has 4 rings (SSSR count). The molecule has 5 N–H and O–H groups in total. The molecule has 3 aromatic carbocycles. The second-order valence-corrected chi connectivity index (χ2v) is 11.8. The van der Waals surface area contributed by atoms with Gasteiger partial charge in [0.15, 0.2) is 5.69 Å². The second kappa shape index (κ2) is 14.2. The first-order valence-electron chi connectivity index (χ1n) is 12.7. The molecule has 0 saturated carbocycles. The van der Waals surface area contributed by atoms with Crippen molar-refractivity contribution in [2.45, 2.75) is 31.2 Å². The number of rotatable bonds is 8. The van der Waals surface area contributed by atoms with Gasteiger partial charge in [0.1, 0.15) is 0 Å². The predicted molar refractivity (Wildman–Crippen MR) is 150 cm³/mol. The summed E-state index contributed by atoms with van der Waals surface area (Å²) in [5.74, 6) is -0.650. The third-order valence-corrected chi connectivity index (χ3v) is 7.25. The van der Waals surface area contributed by atoms with Gasteiger partial charge in [0.05, 0.1) is 4.90 Å². The first-order chi connectivity index (χ1) is 20.1. The number of hydrogen-bond acceptors (Lipinski definition) is 7. The Morgan fingerprint density at radius 3 is 1.84 bits per heavy atom. The van der Waals surface area contributed by atoms with Gasteiger partial charge in [-0.15, -0.1) is 14.6 Å². The lowest BCUT2D eigenvalue weighted by Crippen LogP contribution is -2.68. The summed E-state index contributed by atoms with van der Waals surface area (Å²) >= 11 is 0. The van der Waals surface area contributed by atoms with E-state index < -0.39 is 26.2 Å². The van der Waals surface area contributed by atoms with E-state index in [4.69, 9.17) is 30.1 Å². The minimum Gasteiger partial charge on any atom is -0.369 e. The van der Waals surface area contributed by atoms with Crippen molar-refractivity contribution in [3.05, 3.63) is 103 Å². The normalized spacial score (nSPS) is 11.3. The average molecular weight is 628 g/mol. The van der Waals surface area contributed by atoms with Crippen molar-refractivity contribution < 1.29 is 46.7 Å². The van der Waals surface area contributed by atoms with E-state index in [0.717, 1.165) is 28.1 Å². The molecule has 12 nitrogen and oxygen atoms in total. The van der Waals surface area contributed by atoms with Crippen LogP contribution in [0.15, 0.2) is 106 Å². The Kier molecular flexibility index (Phi) is 10.9. The average Bonchev–Trinajstić information content (AvgIpc) is 2.92. The molecule has 1 aromatic heterocycles. The van der Waals surface area contributed by atoms with Gasteiger partial charge in [-0.2, -0.15) is 13.0 Å². The minimum atomic E-state index is -4.94. The number of guanidine groups is 1. The van der Waals surface area contributed by atoms with Crippen LogP contribution in [-0.4, -0.2) is 20.3 Å². The van der Waals surface area contributed by atoms with Gasteiger partial charge >= 0.3 is 0 Å². The zero-order valence-corrected chi connectivity index (χ0v) is 24.8. The maximum atomic E-state index is 13.2. The molecule has 226 valence electrons. The monoisotopic (exact) mass is 627 g/mol. The number of anilines is 1. The Bertz CT molecular complexity index is 1670. The number of benzene rings is 3. The SMILES string of the molecule is CC(C)c1cc(-c2ccccc2)cc(-c2ccccc2)[n+]1CC(=O)Nc1ccc(S(=O)(=O)N=C(N)N)cc1.[O-][Cl+3]([O-])([O-])[O-]. The number of pyridine rings is 1. The molecule has 0 fully saturated rings. The highest BCUT2D eigenvalue weighted by molar-refractivity contribution is 7.90. The van der Waals surface area contributed by atoms with Crippen LogP contribution in [0, 0.1) is 10.2 Å². The molecular weight excluding hydrogens is 598 g/mol. The van der Waals surface area contributed by atoms with E-state index in [9.17, 15) is 13.2 Å². The molecule has 43 heavy (non-hydrogen) atoms. The molecule has 0 radical (unpaired) electrons. The summed E-state index contributed by atoms with van der Waals surface area (Å²) in [5, 5.41) is 2.86. The Balaban J connectivity index is 0.000000934. The van der Waals surface area contributed by atoms with Crippen LogP contribution in [0.3, 0.4) is 0 Å². The van der Waals surface area contributed by atoms with Gasteiger partial charge in [0.2, 0.25) is 18.2 Å². The van der Waals surface area contributed by atoms with Crippen molar-refractivity contribution in [2.24, 2.45) is 15.9 Å². The Labute approximate surface area is 251 Å². The maximum absolute atomic E-state index is 13.2. The smallest absolute Gasteiger partial charge is 0.290 e. The van der Waals surface area contributed by atoms with Crippen LogP contribution >= 0.6 is 0 Å². The molecule has 0 saturated heterocycles. The first-order valence-corrected chi connectivity index (χ1v) is 15.4. The van der Waals surface area contributed by atoms with Gasteiger partial charge in [-0.05, 0) is 47.5 Å². The quantitative estimate of drug-likeness (QED) is 0.127. The lowest BCUT2D eigenvalue weighted by molar-refractivity contribution is -2.00. The highest BCUT2D eigenvalue weighted by Crippen LogP contribution is 2.27. The molecular formula is C29H30ClN5O7S. The Morgan fingerprint density at radius 2 is 1.35 bits per heavy atom. The number of aromatic nitrogens is 1. The molecule has 0 aliphatic rings. The van der Waals surface area contributed by atoms with Gasteiger partial charge in [-0.3, -0.25) is 4.79 Å². The van der Waals surface area contributed by atoms with Crippen LogP contribution < -0.4 is 40.0 Å². The van der Waals surface area contributed by atoms with E-state index in [2.05, 4.69) is 47.8 Å². The summed E-state index contributed by atoms with van der Waals surface area (Å²) in [6.07, 6.45) is 0. The van der Waals surface area contributed by atoms with E-state index in [1.54, 1.807) is 0 Å². The Morgan fingerprint density at radius 1 is 0.837 bits per heavy atom. The lowest BCUT2D eigenvalue weighted by atomic mass is 9.98. The van der Waals surface area contributed by atoms with Crippen molar-refractivity contribution in [2.75, 3.05) is 5.32 Å². The predicted octanol–water partition coefficient (Wildman–Crippen LogP) is -0.724. The summed E-state index contributed by atoms with van der Waals surface area (Å²) < 4.78 is 63.6. The standard InChI is InChI=1S/C29H29N5O3S.ClHO4/c1-20(2)26-17-23(21-9-5-3-6-10-21)18-27(22-11-7-4-8-12-22)34(26)19-28(35)32-24-13-15-25(16-14-24)38(36,37)33-29(30)31;2-1(3,4)5/h3-18,20H,19H2,1-2H3,(H4-,30,31,32,33,35);(H,2,3,4,5). The lowest BCUT2D eigenvalue weighted by Gasteiger charge is -2.17. The van der Waals surface area contributed by atoms with Crippen molar-refractivity contribution in [1.29, 1.82) is 0 Å². The van der Waals surface area contributed by atoms with Gasteiger partial charge in [-0.25, -0.2) is 18.6 Å². The zero-order chi connectivity index (χ0) is 31.8. The van der Waals surface area contributed by atoms with E-state index >= 15 is 0 Å². The number of halogens is 1. The van der Waals surface area contributed by atoms with Crippen LogP contribution in [-0.2, 0) is 21.4 Å². The van der Waals surface area contributed by atoms with E-state index in [0.29, 0.717) is 5.69 Å². The number of nitrogens with two attached hydrogens (primary N) is 2. The van der Waals surface area contributed by atoms with Gasteiger partial charge in [-0.1, -0.05) is 62.4 Å². The molecule has 1 amide bonds. The summed E-state index contributed by atoms with van der Waals surface area (Å²) in [6, 6.07) is 30.0. The molecule has 0 aliphatic heterocycles. The van der Waals surface area contributed by atoms with Crippen molar-refractivity contribution >= 4 is 27.6 Å². The fourth-order valence-electron chi connectivity index (χ4n) is 4.19. The third kappa shape index (κ3) is 10.1. The number of sulfonamides is 1. The summed E-state index contributed by atoms with van der Waals surface area (Å²) in [4.78, 5) is 13.1. The first kappa shape index (κ1) is 33.1. The number of amides is 1. The number of hydrogen-bond donors (Lipinski definition) is 3. The summed E-state index contributed by atoms with van der Waals surface area (Å²) in [6.45, 7) is 4.27. The number of carbonyl (C=O) groups excluding carboxylic acids is 1. The zero-order valence-electron chi connectivity index (χ0n) is 23.2. The fourth-order valence-corrected chi connectivity index (χ4v) is 5.05. The van der Waals surface area contributed by atoms with Crippen LogP contribution in [0.5, 0.6) is 0 Å². The third-order valence-electron chi connectivity index (χ3n) is 5.93. The molecule has 0 atom stereocenters. The number of nitrogens with one attached hydrogen (secondary N) is 1. The van der Waals surface area contributed by atoms with Crippen molar-refractivity contribution in [3.63, 3.8) is 0 Å². The fraction of sp³-hybridized carbons (Fsp3) is 0.138. The highest BCUT2D eigenvalue weighted by Gasteiger charge is 2.26. The van der Waals surface area contributed by atoms with Crippen molar-refractivity contribution in [3.8, 4) is 22.4 Å². The molecule has 4 aromatic rings. The van der Waals surface area contributed by atoms with E-state index in [1.165, 1.54) is 24.3 Å². The van der Waals surface area contributed by atoms with Gasteiger partial charge < -0.3 is 16.8 Å². The Hall–Kier alpha value is -4.37. The second-order valence-electron chi connectivity index (χ2n) is 9.47. The molecule has 0 bridgehead atoms. The van der Waals surface area contributed by atoms with Crippen LogP contribution in [0.25, 0.3) is 22.4 Å². The topological polar surface area (TPSA) is 224 Å². The summed E-state index contributed by atoms with van der Waals surface area (Å²) in [7, 11) is -8.96. The largest absolute Gasteiger partial charge is 0.369 e. The van der Waals surface area contributed by atoms with E-state index in [-0.39, 0.29) is 23.3 Å². The molecule has 14 heteroatoms. The van der Waals surface area contributed by atoms with Crippen LogP contribution in [0.1, 0.15) is 25.5 Å². The maximum Gasteiger partial charge on any atom is 0.290 e. The van der Waals surface area contributed by atoms with Crippen LogP contribution in [0.2, 0.25) is 0 Å². The van der Waals surface area contributed by atoms with E-state index in [1.807, 2.05) is 53.1 Å². The summed E-state index contributed by atoms with van der Waals surface area (Å²) in [5.41, 5.74) is 16.0. The van der Waals surface area contributed by atoms with Crippen molar-refractivity contribution in [1.82, 2.24) is 0 Å². The highest BCUT2D eigenvalue weighted by atomic mass is 35.7. The molecule has 0 spiro atoms. The molecule has 1 heterocycles. The number of nitrogens with zero attached hydrogens (tertiary/aromatic N) is 2. The van der Waals surface area contributed by atoms with Gasteiger partial charge in [0.25, 0.3) is 15.9 Å². The number of carbonyl (C=O) groups is 1. The van der Waals surface area contributed by atoms with Crippen LogP contribution in [0.4, 0.5) is 5.69 Å². The van der Waals surface area contributed by atoms with Gasteiger partial charge in [0, 0.05) is 29.3 Å². The molecule has 0 aliphatic carbocycles.